The number of ketones is 1. The molecule has 4 nitrogen and oxygen atoms in total. The second kappa shape index (κ2) is 6.05. The van der Waals surface area contributed by atoms with E-state index < -0.39 is 11.0 Å². The van der Waals surface area contributed by atoms with Crippen molar-refractivity contribution >= 4 is 5.78 Å². The van der Waals surface area contributed by atoms with Gasteiger partial charge in [-0.15, -0.1) is 0 Å². The van der Waals surface area contributed by atoms with E-state index in [2.05, 4.69) is 24.0 Å². The van der Waals surface area contributed by atoms with Crippen LogP contribution < -0.4 is 4.74 Å². The number of rotatable bonds is 4. The Morgan fingerprint density at radius 3 is 2.85 bits per heavy atom. The Morgan fingerprint density at radius 2 is 2.15 bits per heavy atom. The summed E-state index contributed by atoms with van der Waals surface area (Å²) in [5.74, 6) is 1.98. The molecule has 1 aromatic rings. The number of fused-ring (bicyclic) bond motifs is 1. The number of carbonyl (C=O) groups is 1. The van der Waals surface area contributed by atoms with E-state index >= 15 is 0 Å². The number of ether oxygens (including phenoxy) is 1. The van der Waals surface area contributed by atoms with Gasteiger partial charge in [0.1, 0.15) is 11.5 Å². The van der Waals surface area contributed by atoms with Gasteiger partial charge in [0.25, 0.3) is 0 Å². The van der Waals surface area contributed by atoms with Crippen molar-refractivity contribution in [1.82, 2.24) is 4.90 Å². The zero-order chi connectivity index (χ0) is 18.8. The lowest BCUT2D eigenvalue weighted by atomic mass is 9.47. The third kappa shape index (κ3) is 2.45. The van der Waals surface area contributed by atoms with Crippen LogP contribution in [0.3, 0.4) is 0 Å². The maximum atomic E-state index is 13.0. The molecular weight excluding hydrogens is 338 g/mol. The third-order valence-corrected chi connectivity index (χ3v) is 8.06. The van der Waals surface area contributed by atoms with E-state index in [0.29, 0.717) is 18.6 Å². The number of Topliss-reactive ketones (excluding diaryl/α,β-unsaturated/α-hetero) is 1. The minimum absolute atomic E-state index is 0.00124. The highest BCUT2D eigenvalue weighted by molar-refractivity contribution is 5.85. The number of hydrogen-bond donors (Lipinski definition) is 1. The SMILES string of the molecule is CCC1C[C@@]2(O)[C@H]3Cc4ccc(OC)cc4[C@@]2(CCN3CC2CC2)CC1=O. The average molecular weight is 370 g/mol. The minimum Gasteiger partial charge on any atom is -0.497 e. The van der Waals surface area contributed by atoms with Gasteiger partial charge in [0.2, 0.25) is 0 Å². The van der Waals surface area contributed by atoms with Gasteiger partial charge in [-0.05, 0) is 74.2 Å². The van der Waals surface area contributed by atoms with Crippen LogP contribution in [0.25, 0.3) is 0 Å². The molecule has 0 amide bonds. The Balaban J connectivity index is 1.64. The van der Waals surface area contributed by atoms with E-state index in [1.807, 2.05) is 6.07 Å². The van der Waals surface area contributed by atoms with E-state index in [9.17, 15) is 9.90 Å². The molecule has 2 saturated carbocycles. The molecule has 4 atom stereocenters. The normalized spacial score (nSPS) is 38.3. The van der Waals surface area contributed by atoms with Crippen LogP contribution in [0, 0.1) is 11.8 Å². The Morgan fingerprint density at radius 1 is 1.33 bits per heavy atom. The minimum atomic E-state index is -0.811. The lowest BCUT2D eigenvalue weighted by Gasteiger charge is -2.64. The van der Waals surface area contributed by atoms with E-state index in [0.717, 1.165) is 44.0 Å². The zero-order valence-corrected chi connectivity index (χ0v) is 16.5. The lowest BCUT2D eigenvalue weighted by molar-refractivity contribution is -0.182. The highest BCUT2D eigenvalue weighted by Crippen LogP contribution is 2.59. The Hall–Kier alpha value is -1.39. The maximum absolute atomic E-state index is 13.0. The molecule has 1 aromatic carbocycles. The Labute approximate surface area is 161 Å². The number of nitrogens with zero attached hydrogens (tertiary/aromatic N) is 1. The first-order chi connectivity index (χ1) is 13.0. The molecule has 146 valence electrons. The van der Waals surface area contributed by atoms with Crippen molar-refractivity contribution in [2.45, 2.75) is 68.9 Å². The molecule has 1 unspecified atom stereocenters. The second-order valence-corrected chi connectivity index (χ2v) is 9.39. The molecule has 4 heteroatoms. The molecule has 4 aliphatic rings. The highest BCUT2D eigenvalue weighted by atomic mass is 16.5. The molecule has 1 heterocycles. The summed E-state index contributed by atoms with van der Waals surface area (Å²) in [6.07, 6.45) is 6.34. The molecule has 0 aromatic heterocycles. The molecule has 3 fully saturated rings. The van der Waals surface area contributed by atoms with Crippen LogP contribution in [-0.2, 0) is 16.6 Å². The van der Waals surface area contributed by atoms with Gasteiger partial charge in [0, 0.05) is 30.3 Å². The quantitative estimate of drug-likeness (QED) is 0.886. The van der Waals surface area contributed by atoms with Gasteiger partial charge in [-0.25, -0.2) is 0 Å². The number of methoxy groups -OCH3 is 1. The zero-order valence-electron chi connectivity index (χ0n) is 16.5. The predicted molar refractivity (Wildman–Crippen MR) is 104 cm³/mol. The molecule has 0 spiro atoms. The number of piperidine rings is 1. The average Bonchev–Trinajstić information content (AvgIpc) is 3.48. The van der Waals surface area contributed by atoms with Crippen LogP contribution in [0.15, 0.2) is 18.2 Å². The van der Waals surface area contributed by atoms with E-state index in [4.69, 9.17) is 4.74 Å². The summed E-state index contributed by atoms with van der Waals surface area (Å²) in [5, 5.41) is 12.3. The first-order valence-electron chi connectivity index (χ1n) is 10.7. The number of hydrogen-bond acceptors (Lipinski definition) is 4. The van der Waals surface area contributed by atoms with E-state index in [1.54, 1.807) is 7.11 Å². The Bertz CT molecular complexity index is 773. The summed E-state index contributed by atoms with van der Waals surface area (Å²) in [6.45, 7) is 4.19. The fourth-order valence-corrected chi connectivity index (χ4v) is 6.33. The van der Waals surface area contributed by atoms with Gasteiger partial charge < -0.3 is 9.84 Å². The molecule has 2 bridgehead atoms. The van der Waals surface area contributed by atoms with Crippen LogP contribution in [0.5, 0.6) is 5.75 Å². The van der Waals surface area contributed by atoms with Crippen molar-refractivity contribution in [2.75, 3.05) is 20.2 Å². The number of aliphatic hydroxyl groups is 1. The molecule has 5 rings (SSSR count). The van der Waals surface area contributed by atoms with E-state index in [-0.39, 0.29) is 12.0 Å². The third-order valence-electron chi connectivity index (χ3n) is 8.06. The van der Waals surface area contributed by atoms with Crippen molar-refractivity contribution in [2.24, 2.45) is 11.8 Å². The molecule has 3 aliphatic carbocycles. The largest absolute Gasteiger partial charge is 0.497 e. The summed E-state index contributed by atoms with van der Waals surface area (Å²) >= 11 is 0. The Kier molecular flexibility index (Phi) is 3.97. The van der Waals surface area contributed by atoms with Crippen LogP contribution >= 0.6 is 0 Å². The van der Waals surface area contributed by atoms with Crippen molar-refractivity contribution in [3.05, 3.63) is 29.3 Å². The topological polar surface area (TPSA) is 49.8 Å². The standard InChI is InChI=1S/C23H31NO3/c1-3-16-12-23(26)21-10-17-6-7-18(27-2)11-19(17)22(23,13-20(16)25)8-9-24(21)14-15-4-5-15/h6-7,11,15-16,21,26H,3-5,8-10,12-14H2,1-2H3/t16?,21-,22-,23-/m1/s1. The summed E-state index contributed by atoms with van der Waals surface area (Å²) in [4.78, 5) is 15.6. The maximum Gasteiger partial charge on any atom is 0.137 e. The van der Waals surface area contributed by atoms with Crippen LogP contribution in [0.1, 0.15) is 56.6 Å². The fourth-order valence-electron chi connectivity index (χ4n) is 6.33. The van der Waals surface area contributed by atoms with Crippen molar-refractivity contribution in [3.63, 3.8) is 0 Å². The lowest BCUT2D eigenvalue weighted by Crippen LogP contribution is -2.74. The summed E-state index contributed by atoms with van der Waals surface area (Å²) in [7, 11) is 1.69. The molecule has 1 N–H and O–H groups in total. The summed E-state index contributed by atoms with van der Waals surface area (Å²) < 4.78 is 5.50. The predicted octanol–water partition coefficient (Wildman–Crippen LogP) is 3.09. The first-order valence-corrected chi connectivity index (χ1v) is 10.7. The molecule has 1 aliphatic heterocycles. The summed E-state index contributed by atoms with van der Waals surface area (Å²) in [5.41, 5.74) is 1.22. The second-order valence-electron chi connectivity index (χ2n) is 9.39. The molecule has 27 heavy (non-hydrogen) atoms. The van der Waals surface area contributed by atoms with Crippen molar-refractivity contribution in [1.29, 1.82) is 0 Å². The van der Waals surface area contributed by atoms with Gasteiger partial charge >= 0.3 is 0 Å². The van der Waals surface area contributed by atoms with Gasteiger partial charge in [-0.3, -0.25) is 9.69 Å². The van der Waals surface area contributed by atoms with Crippen molar-refractivity contribution in [3.8, 4) is 5.75 Å². The smallest absolute Gasteiger partial charge is 0.137 e. The van der Waals surface area contributed by atoms with E-state index in [1.165, 1.54) is 24.0 Å². The number of likely N-dealkylation sites (tertiary alicyclic amines) is 1. The van der Waals surface area contributed by atoms with Crippen LogP contribution in [0.2, 0.25) is 0 Å². The van der Waals surface area contributed by atoms with Gasteiger partial charge in [0.05, 0.1) is 12.7 Å². The van der Waals surface area contributed by atoms with Crippen molar-refractivity contribution < 1.29 is 14.6 Å². The van der Waals surface area contributed by atoms with Crippen LogP contribution in [0.4, 0.5) is 0 Å². The fraction of sp³-hybridized carbons (Fsp3) is 0.696. The van der Waals surface area contributed by atoms with Gasteiger partial charge in [-0.1, -0.05) is 13.0 Å². The number of carbonyl (C=O) groups excluding carboxylic acids is 1. The first kappa shape index (κ1) is 17.7. The van der Waals surface area contributed by atoms with Gasteiger partial charge in [-0.2, -0.15) is 0 Å². The number of benzene rings is 1. The van der Waals surface area contributed by atoms with Gasteiger partial charge in [0.15, 0.2) is 0 Å². The monoisotopic (exact) mass is 369 g/mol. The van der Waals surface area contributed by atoms with Crippen LogP contribution in [-0.4, -0.2) is 47.6 Å². The molecular formula is C23H31NO3. The highest BCUT2D eigenvalue weighted by Gasteiger charge is 2.66. The molecule has 0 radical (unpaired) electrons. The summed E-state index contributed by atoms with van der Waals surface area (Å²) in [6, 6.07) is 6.43. The molecule has 1 saturated heterocycles.